The molecule has 3 aromatic rings. The molecule has 0 bridgehead atoms. The summed E-state index contributed by atoms with van der Waals surface area (Å²) in [4.78, 5) is 3.83. The first-order valence-electron chi connectivity index (χ1n) is 6.01. The number of hydrazine groups is 1. The van der Waals surface area contributed by atoms with Crippen LogP contribution in [0.1, 0.15) is 0 Å². The third kappa shape index (κ3) is 2.68. The van der Waals surface area contributed by atoms with Gasteiger partial charge >= 0.3 is 0 Å². The first-order chi connectivity index (χ1) is 10.1. The number of aromatic nitrogens is 1. The molecule has 0 radical (unpaired) electrons. The lowest BCUT2D eigenvalue weighted by molar-refractivity contribution is 0.601. The van der Waals surface area contributed by atoms with Gasteiger partial charge in [0.1, 0.15) is 4.90 Å². The number of rotatable bonds is 4. The van der Waals surface area contributed by atoms with Crippen molar-refractivity contribution >= 4 is 42.8 Å². The summed E-state index contributed by atoms with van der Waals surface area (Å²) in [7, 11) is -3.76. The van der Waals surface area contributed by atoms with Crippen LogP contribution in [-0.4, -0.2) is 13.4 Å². The number of nitrogens with two attached hydrogens (primary N) is 1. The highest BCUT2D eigenvalue weighted by atomic mass is 32.2. The molecule has 0 fully saturated rings. The van der Waals surface area contributed by atoms with Gasteiger partial charge in [0.25, 0.3) is 10.0 Å². The number of anilines is 2. The maximum absolute atomic E-state index is 12.4. The van der Waals surface area contributed by atoms with Crippen LogP contribution in [0.15, 0.2) is 53.0 Å². The van der Waals surface area contributed by atoms with Gasteiger partial charge in [-0.1, -0.05) is 0 Å². The molecule has 0 saturated heterocycles. The van der Waals surface area contributed by atoms with E-state index in [0.29, 0.717) is 5.69 Å². The number of nitrogens with zero attached hydrogens (tertiary/aromatic N) is 1. The molecule has 108 valence electrons. The predicted octanol–water partition coefficient (Wildman–Crippen LogP) is 2.38. The van der Waals surface area contributed by atoms with Crippen molar-refractivity contribution in [1.29, 1.82) is 0 Å². The summed E-state index contributed by atoms with van der Waals surface area (Å²) in [6, 6.07) is 8.83. The SMILES string of the molecule is NNc1ccncc1S(=O)(=O)Nc1ccc2sccc2c1. The molecule has 8 heteroatoms. The number of pyridine rings is 1. The van der Waals surface area contributed by atoms with Crippen molar-refractivity contribution in [3.05, 3.63) is 48.1 Å². The minimum absolute atomic E-state index is 0.00193. The topological polar surface area (TPSA) is 97.1 Å². The molecule has 0 saturated carbocycles. The normalized spacial score (nSPS) is 11.5. The van der Waals surface area contributed by atoms with E-state index in [2.05, 4.69) is 15.1 Å². The first kappa shape index (κ1) is 13.8. The molecule has 0 aliphatic heterocycles. The van der Waals surface area contributed by atoms with E-state index in [4.69, 9.17) is 5.84 Å². The number of hydrogen-bond donors (Lipinski definition) is 3. The van der Waals surface area contributed by atoms with Gasteiger partial charge in [-0.05, 0) is 41.1 Å². The molecule has 0 aliphatic rings. The highest BCUT2D eigenvalue weighted by molar-refractivity contribution is 7.92. The molecular formula is C13H12N4O2S2. The van der Waals surface area contributed by atoms with Crippen molar-refractivity contribution in [2.24, 2.45) is 5.84 Å². The summed E-state index contributed by atoms with van der Waals surface area (Å²) in [5.74, 6) is 5.33. The molecule has 1 aromatic carbocycles. The summed E-state index contributed by atoms with van der Waals surface area (Å²) < 4.78 is 28.5. The van der Waals surface area contributed by atoms with Gasteiger partial charge in [0.15, 0.2) is 0 Å². The van der Waals surface area contributed by atoms with Crippen LogP contribution in [0.4, 0.5) is 11.4 Å². The summed E-state index contributed by atoms with van der Waals surface area (Å²) in [5.41, 5.74) is 3.13. The Kier molecular flexibility index (Phi) is 3.50. The molecule has 2 aromatic heterocycles. The van der Waals surface area contributed by atoms with Gasteiger partial charge in [-0.25, -0.2) is 8.42 Å². The molecule has 21 heavy (non-hydrogen) atoms. The Morgan fingerprint density at radius 2 is 2.05 bits per heavy atom. The maximum atomic E-state index is 12.4. The van der Waals surface area contributed by atoms with Crippen LogP contribution >= 0.6 is 11.3 Å². The minimum Gasteiger partial charge on any atom is -0.323 e. The van der Waals surface area contributed by atoms with Crippen molar-refractivity contribution in [2.45, 2.75) is 4.90 Å². The summed E-state index contributed by atoms with van der Waals surface area (Å²) in [5, 5.41) is 2.95. The Morgan fingerprint density at radius 3 is 2.86 bits per heavy atom. The average molecular weight is 320 g/mol. The molecule has 0 amide bonds. The number of fused-ring (bicyclic) bond motifs is 1. The van der Waals surface area contributed by atoms with Gasteiger partial charge in [-0.3, -0.25) is 15.5 Å². The number of thiophene rings is 1. The van der Waals surface area contributed by atoms with Gasteiger partial charge in [0, 0.05) is 22.8 Å². The summed E-state index contributed by atoms with van der Waals surface area (Å²) in [6.45, 7) is 0. The number of sulfonamides is 1. The largest absolute Gasteiger partial charge is 0.323 e. The Balaban J connectivity index is 1.98. The third-order valence-corrected chi connectivity index (χ3v) is 5.24. The Hall–Kier alpha value is -2.16. The smallest absolute Gasteiger partial charge is 0.265 e. The number of benzene rings is 1. The summed E-state index contributed by atoms with van der Waals surface area (Å²) >= 11 is 1.60. The van der Waals surface area contributed by atoms with E-state index in [1.807, 2.05) is 17.5 Å². The molecular weight excluding hydrogens is 308 g/mol. The van der Waals surface area contributed by atoms with Crippen LogP contribution in [0.3, 0.4) is 0 Å². The molecule has 0 unspecified atom stereocenters. The number of nitrogen functional groups attached to an aromatic ring is 1. The van der Waals surface area contributed by atoms with Crippen molar-refractivity contribution in [1.82, 2.24) is 4.98 Å². The Bertz CT molecular complexity index is 890. The van der Waals surface area contributed by atoms with Gasteiger partial charge in [0.2, 0.25) is 0 Å². The van der Waals surface area contributed by atoms with E-state index in [-0.39, 0.29) is 10.6 Å². The van der Waals surface area contributed by atoms with Crippen LogP contribution in [0.5, 0.6) is 0 Å². The molecule has 0 aliphatic carbocycles. The van der Waals surface area contributed by atoms with Gasteiger partial charge in [-0.15, -0.1) is 11.3 Å². The Morgan fingerprint density at radius 1 is 1.19 bits per heavy atom. The van der Waals surface area contributed by atoms with Crippen LogP contribution in [0.25, 0.3) is 10.1 Å². The predicted molar refractivity (Wildman–Crippen MR) is 84.7 cm³/mol. The molecule has 3 rings (SSSR count). The summed E-state index contributed by atoms with van der Waals surface area (Å²) in [6.07, 6.45) is 2.71. The lowest BCUT2D eigenvalue weighted by Gasteiger charge is -2.11. The molecule has 4 N–H and O–H groups in total. The first-order valence-corrected chi connectivity index (χ1v) is 8.37. The molecule has 6 nitrogen and oxygen atoms in total. The Labute approximate surface area is 125 Å². The van der Waals surface area contributed by atoms with Crippen molar-refractivity contribution < 1.29 is 8.42 Å². The molecule has 0 atom stereocenters. The zero-order valence-electron chi connectivity index (χ0n) is 10.8. The lowest BCUT2D eigenvalue weighted by atomic mass is 10.2. The highest BCUT2D eigenvalue weighted by Gasteiger charge is 2.18. The minimum atomic E-state index is -3.76. The third-order valence-electron chi connectivity index (χ3n) is 2.93. The van der Waals surface area contributed by atoms with E-state index in [9.17, 15) is 8.42 Å². The lowest BCUT2D eigenvalue weighted by Crippen LogP contribution is -2.17. The van der Waals surface area contributed by atoms with Crippen molar-refractivity contribution in [3.8, 4) is 0 Å². The van der Waals surface area contributed by atoms with E-state index in [1.54, 1.807) is 23.5 Å². The fourth-order valence-corrected chi connectivity index (χ4v) is 3.89. The van der Waals surface area contributed by atoms with Crippen LogP contribution in [0, 0.1) is 0 Å². The number of hydrogen-bond acceptors (Lipinski definition) is 6. The zero-order valence-corrected chi connectivity index (χ0v) is 12.4. The van der Waals surface area contributed by atoms with Gasteiger partial charge in [-0.2, -0.15) is 0 Å². The van der Waals surface area contributed by atoms with Gasteiger partial charge < -0.3 is 5.43 Å². The number of nitrogens with one attached hydrogen (secondary N) is 2. The second-order valence-electron chi connectivity index (χ2n) is 4.29. The van der Waals surface area contributed by atoms with Crippen molar-refractivity contribution in [3.63, 3.8) is 0 Å². The second-order valence-corrected chi connectivity index (χ2v) is 6.89. The molecule has 2 heterocycles. The van der Waals surface area contributed by atoms with Crippen LogP contribution < -0.4 is 16.0 Å². The highest BCUT2D eigenvalue weighted by Crippen LogP contribution is 2.26. The van der Waals surface area contributed by atoms with E-state index in [1.165, 1.54) is 18.5 Å². The van der Waals surface area contributed by atoms with Crippen molar-refractivity contribution in [2.75, 3.05) is 10.1 Å². The zero-order chi connectivity index (χ0) is 14.9. The van der Waals surface area contributed by atoms with E-state index >= 15 is 0 Å². The maximum Gasteiger partial charge on any atom is 0.265 e. The fourth-order valence-electron chi connectivity index (χ4n) is 1.95. The van der Waals surface area contributed by atoms with Crippen LogP contribution in [0.2, 0.25) is 0 Å². The average Bonchev–Trinajstić information content (AvgIpc) is 2.94. The fraction of sp³-hybridized carbons (Fsp3) is 0. The van der Waals surface area contributed by atoms with Crippen LogP contribution in [-0.2, 0) is 10.0 Å². The van der Waals surface area contributed by atoms with E-state index < -0.39 is 10.0 Å². The molecule has 0 spiro atoms. The standard InChI is InChI=1S/C13H12N4O2S2/c14-16-11-3-5-15-8-13(11)21(18,19)17-10-1-2-12-9(7-10)4-6-20-12/h1-8,17H,14H2,(H,15,16). The quantitative estimate of drug-likeness (QED) is 0.506. The van der Waals surface area contributed by atoms with Gasteiger partial charge in [0.05, 0.1) is 5.69 Å². The monoisotopic (exact) mass is 320 g/mol. The van der Waals surface area contributed by atoms with E-state index in [0.717, 1.165) is 10.1 Å². The second kappa shape index (κ2) is 5.32.